The fourth-order valence-corrected chi connectivity index (χ4v) is 3.39. The summed E-state index contributed by atoms with van der Waals surface area (Å²) in [4.78, 5) is 24.3. The summed E-state index contributed by atoms with van der Waals surface area (Å²) in [6, 6.07) is 18.6. The van der Waals surface area contributed by atoms with Gasteiger partial charge in [0.05, 0.1) is 4.47 Å². The molecule has 1 unspecified atom stereocenters. The van der Waals surface area contributed by atoms with Gasteiger partial charge in [-0.1, -0.05) is 37.3 Å². The van der Waals surface area contributed by atoms with Crippen LogP contribution in [0.25, 0.3) is 10.8 Å². The maximum atomic E-state index is 12.2. The molecule has 0 fully saturated rings. The van der Waals surface area contributed by atoms with Gasteiger partial charge in [0.15, 0.2) is 6.61 Å². The minimum atomic E-state index is -0.276. The number of carbonyl (C=O) groups is 2. The second-order valence-electron chi connectivity index (χ2n) is 6.80. The van der Waals surface area contributed by atoms with Crippen molar-refractivity contribution in [1.29, 1.82) is 0 Å². The first-order valence-corrected chi connectivity index (χ1v) is 10.3. The van der Waals surface area contributed by atoms with Crippen LogP contribution in [0.2, 0.25) is 0 Å². The topological polar surface area (TPSA) is 67.4 Å². The van der Waals surface area contributed by atoms with E-state index in [1.807, 2.05) is 50.2 Å². The molecule has 150 valence electrons. The highest BCUT2D eigenvalue weighted by molar-refractivity contribution is 9.10. The quantitative estimate of drug-likeness (QED) is 0.518. The van der Waals surface area contributed by atoms with E-state index in [4.69, 9.17) is 4.74 Å². The van der Waals surface area contributed by atoms with Gasteiger partial charge in [0.1, 0.15) is 5.75 Å². The molecule has 0 radical (unpaired) electrons. The number of benzene rings is 3. The number of nitrogens with one attached hydrogen (secondary N) is 2. The smallest absolute Gasteiger partial charge is 0.262 e. The van der Waals surface area contributed by atoms with Crippen molar-refractivity contribution in [2.24, 2.45) is 0 Å². The molecule has 5 nitrogen and oxygen atoms in total. The lowest BCUT2D eigenvalue weighted by Crippen LogP contribution is -2.31. The first-order chi connectivity index (χ1) is 14.0. The Kier molecular flexibility index (Phi) is 6.88. The van der Waals surface area contributed by atoms with Crippen LogP contribution in [0.15, 0.2) is 65.1 Å². The maximum Gasteiger partial charge on any atom is 0.262 e. The highest BCUT2D eigenvalue weighted by Gasteiger charge is 2.11. The predicted molar refractivity (Wildman–Crippen MR) is 119 cm³/mol. The summed E-state index contributed by atoms with van der Waals surface area (Å²) in [7, 11) is 0. The minimum absolute atomic E-state index is 0.118. The van der Waals surface area contributed by atoms with E-state index in [2.05, 4.69) is 26.6 Å². The van der Waals surface area contributed by atoms with Crippen molar-refractivity contribution >= 4 is 44.2 Å². The van der Waals surface area contributed by atoms with Crippen LogP contribution in [0.4, 0.5) is 5.69 Å². The Hall–Kier alpha value is -2.86. The average molecular weight is 455 g/mol. The number of halogens is 1. The molecule has 6 heteroatoms. The van der Waals surface area contributed by atoms with Gasteiger partial charge in [0, 0.05) is 17.3 Å². The molecule has 3 aromatic carbocycles. The SMILES string of the molecule is CCC(C)NC(=O)c1ccc(NC(=O)COc2ccc3ccccc3c2Br)cc1. The normalized spacial score (nSPS) is 11.7. The standard InChI is InChI=1S/C23H23BrN2O3/c1-3-15(2)25-23(28)17-8-11-18(12-9-17)26-21(27)14-29-20-13-10-16-6-4-5-7-19(16)22(20)24/h4-13,15H,3,14H2,1-2H3,(H,25,28)(H,26,27). The fourth-order valence-electron chi connectivity index (χ4n) is 2.78. The Morgan fingerprint density at radius 2 is 1.76 bits per heavy atom. The number of hydrogen-bond donors (Lipinski definition) is 2. The van der Waals surface area contributed by atoms with E-state index in [-0.39, 0.29) is 24.5 Å². The van der Waals surface area contributed by atoms with Crippen LogP contribution < -0.4 is 15.4 Å². The molecule has 0 aromatic heterocycles. The Morgan fingerprint density at radius 3 is 2.48 bits per heavy atom. The van der Waals surface area contributed by atoms with Crippen molar-refractivity contribution in [3.05, 3.63) is 70.7 Å². The predicted octanol–water partition coefficient (Wildman–Crippen LogP) is 5.15. The molecule has 0 aliphatic rings. The minimum Gasteiger partial charge on any atom is -0.483 e. The van der Waals surface area contributed by atoms with Gasteiger partial charge in [0.2, 0.25) is 0 Å². The summed E-state index contributed by atoms with van der Waals surface area (Å²) in [5, 5.41) is 7.80. The van der Waals surface area contributed by atoms with E-state index in [0.717, 1.165) is 21.7 Å². The highest BCUT2D eigenvalue weighted by atomic mass is 79.9. The Balaban J connectivity index is 1.57. The van der Waals surface area contributed by atoms with Gasteiger partial charge in [-0.15, -0.1) is 0 Å². The summed E-state index contributed by atoms with van der Waals surface area (Å²) < 4.78 is 6.49. The summed E-state index contributed by atoms with van der Waals surface area (Å²) in [5.41, 5.74) is 1.16. The van der Waals surface area contributed by atoms with E-state index in [1.54, 1.807) is 24.3 Å². The molecule has 3 aromatic rings. The molecule has 0 spiro atoms. The molecule has 1 atom stereocenters. The molecule has 0 aliphatic carbocycles. The van der Waals surface area contributed by atoms with Gasteiger partial charge in [-0.05, 0) is 70.4 Å². The molecule has 0 saturated carbocycles. The zero-order valence-electron chi connectivity index (χ0n) is 16.4. The number of ether oxygens (including phenoxy) is 1. The van der Waals surface area contributed by atoms with E-state index in [9.17, 15) is 9.59 Å². The van der Waals surface area contributed by atoms with Crippen LogP contribution in [0.3, 0.4) is 0 Å². The van der Waals surface area contributed by atoms with E-state index < -0.39 is 0 Å². The molecule has 0 saturated heterocycles. The van der Waals surface area contributed by atoms with Gasteiger partial charge in [-0.25, -0.2) is 0 Å². The highest BCUT2D eigenvalue weighted by Crippen LogP contribution is 2.33. The molecule has 0 aliphatic heterocycles. The van der Waals surface area contributed by atoms with Gasteiger partial charge in [-0.2, -0.15) is 0 Å². The molecular weight excluding hydrogens is 432 g/mol. The summed E-state index contributed by atoms with van der Waals surface area (Å²) in [5.74, 6) is 0.208. The van der Waals surface area contributed by atoms with Gasteiger partial charge < -0.3 is 15.4 Å². The Morgan fingerprint density at radius 1 is 1.03 bits per heavy atom. The lowest BCUT2D eigenvalue weighted by atomic mass is 10.1. The van der Waals surface area contributed by atoms with E-state index in [1.165, 1.54) is 0 Å². The average Bonchev–Trinajstić information content (AvgIpc) is 2.73. The van der Waals surface area contributed by atoms with Crippen molar-refractivity contribution in [2.75, 3.05) is 11.9 Å². The number of rotatable bonds is 7. The van der Waals surface area contributed by atoms with Crippen LogP contribution >= 0.6 is 15.9 Å². The Bertz CT molecular complexity index is 1020. The molecule has 2 amide bonds. The molecule has 0 bridgehead atoms. The lowest BCUT2D eigenvalue weighted by molar-refractivity contribution is -0.118. The van der Waals surface area contributed by atoms with Crippen molar-refractivity contribution in [2.45, 2.75) is 26.3 Å². The zero-order chi connectivity index (χ0) is 20.8. The number of fused-ring (bicyclic) bond motifs is 1. The second kappa shape index (κ2) is 9.56. The third kappa shape index (κ3) is 5.35. The first kappa shape index (κ1) is 20.9. The number of anilines is 1. The van der Waals surface area contributed by atoms with Crippen molar-refractivity contribution in [3.8, 4) is 5.75 Å². The lowest BCUT2D eigenvalue weighted by Gasteiger charge is -2.12. The number of hydrogen-bond acceptors (Lipinski definition) is 3. The largest absolute Gasteiger partial charge is 0.483 e. The fraction of sp³-hybridized carbons (Fsp3) is 0.217. The first-order valence-electron chi connectivity index (χ1n) is 9.48. The van der Waals surface area contributed by atoms with Crippen molar-refractivity contribution in [1.82, 2.24) is 5.32 Å². The maximum absolute atomic E-state index is 12.2. The molecule has 3 rings (SSSR count). The van der Waals surface area contributed by atoms with Crippen LogP contribution in [0.1, 0.15) is 30.6 Å². The Labute approximate surface area is 178 Å². The van der Waals surface area contributed by atoms with E-state index >= 15 is 0 Å². The van der Waals surface area contributed by atoms with Gasteiger partial charge in [0.25, 0.3) is 11.8 Å². The molecular formula is C23H23BrN2O3. The molecule has 0 heterocycles. The van der Waals surface area contributed by atoms with Crippen LogP contribution in [-0.4, -0.2) is 24.5 Å². The van der Waals surface area contributed by atoms with Crippen LogP contribution in [-0.2, 0) is 4.79 Å². The summed E-state index contributed by atoms with van der Waals surface area (Å²) in [6.07, 6.45) is 0.868. The third-order valence-corrected chi connectivity index (χ3v) is 5.43. The number of amides is 2. The second-order valence-corrected chi connectivity index (χ2v) is 7.59. The van der Waals surface area contributed by atoms with Crippen molar-refractivity contribution < 1.29 is 14.3 Å². The van der Waals surface area contributed by atoms with Crippen molar-refractivity contribution in [3.63, 3.8) is 0 Å². The van der Waals surface area contributed by atoms with Gasteiger partial charge >= 0.3 is 0 Å². The summed E-state index contributed by atoms with van der Waals surface area (Å²) in [6.45, 7) is 3.86. The molecule has 2 N–H and O–H groups in total. The molecule has 29 heavy (non-hydrogen) atoms. The van der Waals surface area contributed by atoms with Crippen LogP contribution in [0.5, 0.6) is 5.75 Å². The summed E-state index contributed by atoms with van der Waals surface area (Å²) >= 11 is 3.55. The zero-order valence-corrected chi connectivity index (χ0v) is 18.0. The monoisotopic (exact) mass is 454 g/mol. The number of carbonyl (C=O) groups excluding carboxylic acids is 2. The van der Waals surface area contributed by atoms with E-state index in [0.29, 0.717) is 17.0 Å². The van der Waals surface area contributed by atoms with Gasteiger partial charge in [-0.3, -0.25) is 9.59 Å². The third-order valence-electron chi connectivity index (χ3n) is 4.61. The van der Waals surface area contributed by atoms with Crippen LogP contribution in [0, 0.1) is 0 Å².